The molecule has 6 heteroatoms. The first kappa shape index (κ1) is 13.9. The van der Waals surface area contributed by atoms with Gasteiger partial charge in [0.05, 0.1) is 11.4 Å². The van der Waals surface area contributed by atoms with Crippen molar-refractivity contribution < 1.29 is 14.3 Å². The van der Waals surface area contributed by atoms with Crippen LogP contribution < -0.4 is 5.76 Å². The fourth-order valence-corrected chi connectivity index (χ4v) is 2.89. The summed E-state index contributed by atoms with van der Waals surface area (Å²) < 4.78 is 5.05. The molecule has 1 aromatic heterocycles. The summed E-state index contributed by atoms with van der Waals surface area (Å²) in [6.07, 6.45) is 2.52. The number of aliphatic carboxylic acids is 1. The van der Waals surface area contributed by atoms with Gasteiger partial charge in [-0.2, -0.15) is 0 Å². The number of oxazole rings is 1. The third-order valence-corrected chi connectivity index (χ3v) is 4.06. The Labute approximate surface area is 121 Å². The molecule has 1 unspecified atom stereocenters. The van der Waals surface area contributed by atoms with Crippen LogP contribution >= 0.6 is 0 Å². The molecule has 1 fully saturated rings. The second-order valence-corrected chi connectivity index (χ2v) is 5.57. The van der Waals surface area contributed by atoms with E-state index >= 15 is 0 Å². The summed E-state index contributed by atoms with van der Waals surface area (Å²) in [6, 6.07) is 5.67. The number of carbonyl (C=O) groups is 1. The highest BCUT2D eigenvalue weighted by atomic mass is 16.4. The second kappa shape index (κ2) is 5.73. The average Bonchev–Trinajstić information content (AvgIpc) is 2.84. The Morgan fingerprint density at radius 1 is 1.48 bits per heavy atom. The number of fused-ring (bicyclic) bond motifs is 1. The molecule has 0 amide bonds. The molecule has 1 aliphatic rings. The van der Waals surface area contributed by atoms with Crippen molar-refractivity contribution >= 4 is 17.1 Å². The number of nitrogens with one attached hydrogen (secondary N) is 1. The first-order chi connectivity index (χ1) is 10.1. The summed E-state index contributed by atoms with van der Waals surface area (Å²) in [5.41, 5.74) is 2.36. The van der Waals surface area contributed by atoms with Crippen LogP contribution in [0.2, 0.25) is 0 Å². The molecule has 0 saturated carbocycles. The maximum absolute atomic E-state index is 11.1. The van der Waals surface area contributed by atoms with Crippen LogP contribution in [0, 0.1) is 5.92 Å². The molecular weight excluding hydrogens is 272 g/mol. The Morgan fingerprint density at radius 3 is 3.14 bits per heavy atom. The first-order valence-corrected chi connectivity index (χ1v) is 7.19. The minimum absolute atomic E-state index is 0.246. The van der Waals surface area contributed by atoms with Crippen molar-refractivity contribution in [3.63, 3.8) is 0 Å². The molecule has 1 aromatic carbocycles. The van der Waals surface area contributed by atoms with Crippen molar-refractivity contribution in [2.75, 3.05) is 19.6 Å². The van der Waals surface area contributed by atoms with Crippen molar-refractivity contribution in [2.24, 2.45) is 5.92 Å². The number of hydrogen-bond acceptors (Lipinski definition) is 4. The predicted molar refractivity (Wildman–Crippen MR) is 77.3 cm³/mol. The lowest BCUT2D eigenvalue weighted by Crippen LogP contribution is -2.39. The Morgan fingerprint density at radius 2 is 2.33 bits per heavy atom. The zero-order valence-electron chi connectivity index (χ0n) is 11.7. The van der Waals surface area contributed by atoms with E-state index < -0.39 is 11.7 Å². The van der Waals surface area contributed by atoms with E-state index in [2.05, 4.69) is 9.88 Å². The minimum Gasteiger partial charge on any atom is -0.481 e. The molecule has 0 aliphatic carbocycles. The first-order valence-electron chi connectivity index (χ1n) is 7.19. The number of aromatic amines is 1. The van der Waals surface area contributed by atoms with E-state index in [0.29, 0.717) is 17.6 Å². The van der Waals surface area contributed by atoms with Crippen molar-refractivity contribution in [1.29, 1.82) is 0 Å². The lowest BCUT2D eigenvalue weighted by molar-refractivity contribution is -0.143. The Kier molecular flexibility index (Phi) is 3.79. The van der Waals surface area contributed by atoms with Crippen LogP contribution in [0.5, 0.6) is 0 Å². The zero-order chi connectivity index (χ0) is 14.8. The standard InChI is InChI=1S/C15H18N2O4/c18-14(19)11-2-1-6-17(9-11)7-5-10-3-4-12-13(8-10)21-15(20)16-12/h3-4,8,11H,1-2,5-7,9H2,(H,16,20)(H,18,19). The molecule has 1 atom stereocenters. The van der Waals surface area contributed by atoms with Gasteiger partial charge in [-0.15, -0.1) is 0 Å². The van der Waals surface area contributed by atoms with Gasteiger partial charge in [-0.05, 0) is 43.5 Å². The topological polar surface area (TPSA) is 86.5 Å². The lowest BCUT2D eigenvalue weighted by Gasteiger charge is -2.30. The molecule has 2 heterocycles. The van der Waals surface area contributed by atoms with Gasteiger partial charge in [-0.1, -0.05) is 6.07 Å². The zero-order valence-corrected chi connectivity index (χ0v) is 11.7. The Balaban J connectivity index is 1.63. The predicted octanol–water partition coefficient (Wildman–Crippen LogP) is 1.46. The van der Waals surface area contributed by atoms with E-state index in [1.54, 1.807) is 0 Å². The summed E-state index contributed by atoms with van der Waals surface area (Å²) >= 11 is 0. The van der Waals surface area contributed by atoms with Crippen molar-refractivity contribution in [1.82, 2.24) is 9.88 Å². The summed E-state index contributed by atoms with van der Waals surface area (Å²) in [5, 5.41) is 9.09. The van der Waals surface area contributed by atoms with Gasteiger partial charge in [0.1, 0.15) is 0 Å². The highest BCUT2D eigenvalue weighted by molar-refractivity contribution is 5.72. The fourth-order valence-electron chi connectivity index (χ4n) is 2.89. The summed E-state index contributed by atoms with van der Waals surface area (Å²) in [5.74, 6) is -1.39. The summed E-state index contributed by atoms with van der Waals surface area (Å²) in [6.45, 7) is 2.39. The number of carboxylic acids is 1. The maximum atomic E-state index is 11.1. The highest BCUT2D eigenvalue weighted by Crippen LogP contribution is 2.18. The van der Waals surface area contributed by atoms with E-state index in [0.717, 1.165) is 37.9 Å². The molecule has 2 aromatic rings. The Bertz CT molecular complexity index is 703. The smallest absolute Gasteiger partial charge is 0.417 e. The van der Waals surface area contributed by atoms with Gasteiger partial charge in [0.2, 0.25) is 0 Å². The number of piperidine rings is 1. The molecule has 2 N–H and O–H groups in total. The minimum atomic E-state index is -0.699. The van der Waals surface area contributed by atoms with Crippen molar-refractivity contribution in [2.45, 2.75) is 19.3 Å². The van der Waals surface area contributed by atoms with Crippen LogP contribution in [0.25, 0.3) is 11.1 Å². The van der Waals surface area contributed by atoms with Gasteiger partial charge in [0, 0.05) is 13.1 Å². The average molecular weight is 290 g/mol. The van der Waals surface area contributed by atoms with Crippen LogP contribution in [0.1, 0.15) is 18.4 Å². The summed E-state index contributed by atoms with van der Waals surface area (Å²) in [4.78, 5) is 27.0. The molecule has 0 bridgehead atoms. The fraction of sp³-hybridized carbons (Fsp3) is 0.467. The molecule has 1 saturated heterocycles. The van der Waals surface area contributed by atoms with E-state index in [9.17, 15) is 9.59 Å². The van der Waals surface area contributed by atoms with Gasteiger partial charge < -0.3 is 14.4 Å². The van der Waals surface area contributed by atoms with Gasteiger partial charge in [0.25, 0.3) is 0 Å². The largest absolute Gasteiger partial charge is 0.481 e. The second-order valence-electron chi connectivity index (χ2n) is 5.57. The third kappa shape index (κ3) is 3.16. The van der Waals surface area contributed by atoms with Crippen molar-refractivity contribution in [3.8, 4) is 0 Å². The molecule has 6 nitrogen and oxygen atoms in total. The van der Waals surface area contributed by atoms with Crippen LogP contribution in [0.15, 0.2) is 27.4 Å². The number of carboxylic acid groups (broad SMARTS) is 1. The van der Waals surface area contributed by atoms with Crippen LogP contribution in [-0.2, 0) is 11.2 Å². The number of hydrogen-bond donors (Lipinski definition) is 2. The van der Waals surface area contributed by atoms with Gasteiger partial charge >= 0.3 is 11.7 Å². The number of H-pyrrole nitrogens is 1. The highest BCUT2D eigenvalue weighted by Gasteiger charge is 2.24. The molecule has 112 valence electrons. The molecule has 1 aliphatic heterocycles. The van der Waals surface area contributed by atoms with E-state index in [1.807, 2.05) is 18.2 Å². The number of likely N-dealkylation sites (tertiary alicyclic amines) is 1. The third-order valence-electron chi connectivity index (χ3n) is 4.06. The maximum Gasteiger partial charge on any atom is 0.417 e. The van der Waals surface area contributed by atoms with E-state index in [1.165, 1.54) is 0 Å². The quantitative estimate of drug-likeness (QED) is 0.890. The van der Waals surface area contributed by atoms with Crippen LogP contribution in [0.4, 0.5) is 0 Å². The van der Waals surface area contributed by atoms with Crippen LogP contribution in [-0.4, -0.2) is 40.6 Å². The normalized spacial score (nSPS) is 19.9. The molecule has 3 rings (SSSR count). The molecule has 0 spiro atoms. The summed E-state index contributed by atoms with van der Waals surface area (Å²) in [7, 11) is 0. The van der Waals surface area contributed by atoms with Crippen molar-refractivity contribution in [3.05, 3.63) is 34.3 Å². The molecule has 0 radical (unpaired) electrons. The van der Waals surface area contributed by atoms with E-state index in [-0.39, 0.29) is 5.92 Å². The molecule has 21 heavy (non-hydrogen) atoms. The Hall–Kier alpha value is -2.08. The number of rotatable bonds is 4. The number of aromatic nitrogens is 1. The number of nitrogens with zero attached hydrogens (tertiary/aromatic N) is 1. The van der Waals surface area contributed by atoms with Gasteiger partial charge in [-0.3, -0.25) is 9.78 Å². The van der Waals surface area contributed by atoms with Crippen LogP contribution in [0.3, 0.4) is 0 Å². The SMILES string of the molecule is O=C(O)C1CCCN(CCc2ccc3[nH]c(=O)oc3c2)C1. The molecular formula is C15H18N2O4. The monoisotopic (exact) mass is 290 g/mol. The van der Waals surface area contributed by atoms with Gasteiger partial charge in [0.15, 0.2) is 5.58 Å². The van der Waals surface area contributed by atoms with Gasteiger partial charge in [-0.25, -0.2) is 4.79 Å². The van der Waals surface area contributed by atoms with E-state index in [4.69, 9.17) is 9.52 Å². The number of benzene rings is 1. The lowest BCUT2D eigenvalue weighted by atomic mass is 9.98.